The molecular weight excluding hydrogens is 250 g/mol. The number of likely N-dealkylation sites (tertiary alicyclic amines) is 1. The molecule has 2 N–H and O–H groups in total. The molecule has 1 aliphatic rings. The molecule has 0 saturated carbocycles. The maximum Gasteiger partial charge on any atom is 0.257 e. The first-order valence-corrected chi connectivity index (χ1v) is 6.44. The Morgan fingerprint density at radius 2 is 2.11 bits per heavy atom. The molecule has 1 unspecified atom stereocenters. The van der Waals surface area contributed by atoms with Crippen molar-refractivity contribution in [1.29, 1.82) is 0 Å². The average molecular weight is 268 g/mol. The molecule has 0 bridgehead atoms. The molecule has 0 radical (unpaired) electrons. The van der Waals surface area contributed by atoms with Gasteiger partial charge in [0.1, 0.15) is 5.82 Å². The summed E-state index contributed by atoms with van der Waals surface area (Å²) in [7, 11) is 0. The molecule has 1 aliphatic heterocycles. The van der Waals surface area contributed by atoms with Crippen LogP contribution < -0.4 is 5.73 Å². The summed E-state index contributed by atoms with van der Waals surface area (Å²) in [5.41, 5.74) is 4.74. The lowest BCUT2D eigenvalue weighted by atomic mass is 9.95. The summed E-state index contributed by atoms with van der Waals surface area (Å²) in [6, 6.07) is 1.80. The van der Waals surface area contributed by atoms with Crippen LogP contribution in [0, 0.1) is 23.5 Å². The van der Waals surface area contributed by atoms with Gasteiger partial charge in [0.05, 0.1) is 11.3 Å². The van der Waals surface area contributed by atoms with E-state index in [0.717, 1.165) is 18.6 Å². The molecule has 1 aromatic rings. The Hall–Kier alpha value is -1.65. The van der Waals surface area contributed by atoms with Gasteiger partial charge < -0.3 is 10.6 Å². The van der Waals surface area contributed by atoms with Gasteiger partial charge in [0.15, 0.2) is 5.82 Å². The predicted octanol–water partition coefficient (Wildman–Crippen LogP) is 2.67. The van der Waals surface area contributed by atoms with Crippen LogP contribution >= 0.6 is 0 Å². The van der Waals surface area contributed by atoms with E-state index in [0.29, 0.717) is 24.9 Å². The lowest BCUT2D eigenvalue weighted by Crippen LogP contribution is -2.30. The molecule has 0 spiro atoms. The fraction of sp³-hybridized carbons (Fsp3) is 0.500. The van der Waals surface area contributed by atoms with E-state index in [1.54, 1.807) is 4.90 Å². The number of nitrogen functional groups attached to an aromatic ring is 1. The number of anilines is 1. The minimum atomic E-state index is -0.834. The minimum Gasteiger partial charge on any atom is -0.396 e. The summed E-state index contributed by atoms with van der Waals surface area (Å²) in [6.07, 6.45) is 0.899. The molecule has 2 rings (SSSR count). The number of carbonyl (C=O) groups is 1. The average Bonchev–Trinajstić information content (AvgIpc) is 2.82. The van der Waals surface area contributed by atoms with Crippen molar-refractivity contribution in [2.45, 2.75) is 20.3 Å². The third-order valence-electron chi connectivity index (χ3n) is 3.75. The Labute approximate surface area is 111 Å². The van der Waals surface area contributed by atoms with E-state index in [4.69, 9.17) is 5.73 Å². The third kappa shape index (κ3) is 2.69. The number of rotatable bonds is 2. The Balaban J connectivity index is 2.22. The third-order valence-corrected chi connectivity index (χ3v) is 3.75. The molecule has 0 aromatic heterocycles. The van der Waals surface area contributed by atoms with E-state index in [1.165, 1.54) is 0 Å². The molecule has 1 amide bonds. The molecule has 104 valence electrons. The highest BCUT2D eigenvalue weighted by Crippen LogP contribution is 2.26. The van der Waals surface area contributed by atoms with Gasteiger partial charge in [0, 0.05) is 13.1 Å². The van der Waals surface area contributed by atoms with Gasteiger partial charge in [-0.3, -0.25) is 4.79 Å². The number of nitrogens with zero attached hydrogens (tertiary/aromatic N) is 1. The van der Waals surface area contributed by atoms with Gasteiger partial charge in [-0.2, -0.15) is 0 Å². The van der Waals surface area contributed by atoms with Crippen LogP contribution in [0.15, 0.2) is 12.1 Å². The molecule has 1 atom stereocenters. The molecule has 1 saturated heterocycles. The van der Waals surface area contributed by atoms with Crippen molar-refractivity contribution in [3.8, 4) is 0 Å². The zero-order valence-corrected chi connectivity index (χ0v) is 11.1. The SMILES string of the molecule is CC(C)C1CCN(C(=O)c2cc(F)cc(N)c2F)C1. The van der Waals surface area contributed by atoms with Crippen molar-refractivity contribution in [2.24, 2.45) is 11.8 Å². The van der Waals surface area contributed by atoms with Gasteiger partial charge >= 0.3 is 0 Å². The van der Waals surface area contributed by atoms with Gasteiger partial charge in [-0.15, -0.1) is 0 Å². The molecule has 19 heavy (non-hydrogen) atoms. The van der Waals surface area contributed by atoms with Crippen LogP contribution in [0.3, 0.4) is 0 Å². The van der Waals surface area contributed by atoms with Crippen LogP contribution in [0.2, 0.25) is 0 Å². The Morgan fingerprint density at radius 3 is 2.68 bits per heavy atom. The summed E-state index contributed by atoms with van der Waals surface area (Å²) < 4.78 is 27.0. The monoisotopic (exact) mass is 268 g/mol. The van der Waals surface area contributed by atoms with E-state index in [2.05, 4.69) is 13.8 Å². The summed E-state index contributed by atoms with van der Waals surface area (Å²) >= 11 is 0. The molecule has 1 heterocycles. The van der Waals surface area contributed by atoms with Gasteiger partial charge in [-0.05, 0) is 30.4 Å². The fourth-order valence-corrected chi connectivity index (χ4v) is 2.45. The van der Waals surface area contributed by atoms with Crippen molar-refractivity contribution < 1.29 is 13.6 Å². The first-order valence-electron chi connectivity index (χ1n) is 6.44. The maximum atomic E-state index is 13.8. The lowest BCUT2D eigenvalue weighted by molar-refractivity contribution is 0.0779. The second kappa shape index (κ2) is 5.15. The van der Waals surface area contributed by atoms with Crippen molar-refractivity contribution in [3.63, 3.8) is 0 Å². The zero-order chi connectivity index (χ0) is 14.2. The fourth-order valence-electron chi connectivity index (χ4n) is 2.45. The van der Waals surface area contributed by atoms with Gasteiger partial charge in [-0.25, -0.2) is 8.78 Å². The van der Waals surface area contributed by atoms with Gasteiger partial charge in [0.25, 0.3) is 5.91 Å². The molecular formula is C14H18F2N2O. The Kier molecular flexibility index (Phi) is 3.73. The normalized spacial score (nSPS) is 19.2. The molecule has 0 aliphatic carbocycles. The van der Waals surface area contributed by atoms with Gasteiger partial charge in [-0.1, -0.05) is 13.8 Å². The quantitative estimate of drug-likeness (QED) is 0.838. The molecule has 1 fully saturated rings. The lowest BCUT2D eigenvalue weighted by Gasteiger charge is -2.18. The number of halogens is 2. The van der Waals surface area contributed by atoms with E-state index in [-0.39, 0.29) is 11.3 Å². The van der Waals surface area contributed by atoms with Crippen molar-refractivity contribution >= 4 is 11.6 Å². The van der Waals surface area contributed by atoms with Crippen molar-refractivity contribution in [3.05, 3.63) is 29.3 Å². The molecule has 5 heteroatoms. The van der Waals surface area contributed by atoms with E-state index in [9.17, 15) is 13.6 Å². The summed E-state index contributed by atoms with van der Waals surface area (Å²) in [6.45, 7) is 5.36. The summed E-state index contributed by atoms with van der Waals surface area (Å²) in [5, 5.41) is 0. The van der Waals surface area contributed by atoms with Crippen LogP contribution in [-0.2, 0) is 0 Å². The number of benzene rings is 1. The van der Waals surface area contributed by atoms with Gasteiger partial charge in [0.2, 0.25) is 0 Å². The Bertz CT molecular complexity index is 502. The Morgan fingerprint density at radius 1 is 1.42 bits per heavy atom. The number of carbonyl (C=O) groups excluding carboxylic acids is 1. The number of hydrogen-bond acceptors (Lipinski definition) is 2. The van der Waals surface area contributed by atoms with Crippen LogP contribution in [0.5, 0.6) is 0 Å². The first kappa shape index (κ1) is 13.8. The van der Waals surface area contributed by atoms with E-state index >= 15 is 0 Å². The highest BCUT2D eigenvalue weighted by molar-refractivity contribution is 5.95. The second-order valence-corrected chi connectivity index (χ2v) is 5.40. The number of hydrogen-bond donors (Lipinski definition) is 1. The molecule has 1 aromatic carbocycles. The van der Waals surface area contributed by atoms with E-state index in [1.807, 2.05) is 0 Å². The highest BCUT2D eigenvalue weighted by atomic mass is 19.1. The number of amides is 1. The first-order chi connectivity index (χ1) is 8.90. The van der Waals surface area contributed by atoms with Crippen LogP contribution in [0.4, 0.5) is 14.5 Å². The second-order valence-electron chi connectivity index (χ2n) is 5.40. The topological polar surface area (TPSA) is 46.3 Å². The van der Waals surface area contributed by atoms with Crippen LogP contribution in [0.1, 0.15) is 30.6 Å². The standard InChI is InChI=1S/C14H18F2N2O/c1-8(2)9-3-4-18(7-9)14(19)11-5-10(15)6-12(17)13(11)16/h5-6,8-9H,3-4,7,17H2,1-2H3. The highest BCUT2D eigenvalue weighted by Gasteiger charge is 2.30. The smallest absolute Gasteiger partial charge is 0.257 e. The van der Waals surface area contributed by atoms with E-state index < -0.39 is 17.5 Å². The minimum absolute atomic E-state index is 0.276. The van der Waals surface area contributed by atoms with Crippen LogP contribution in [-0.4, -0.2) is 23.9 Å². The summed E-state index contributed by atoms with van der Waals surface area (Å²) in [5.74, 6) is -1.12. The zero-order valence-electron chi connectivity index (χ0n) is 11.1. The summed E-state index contributed by atoms with van der Waals surface area (Å²) in [4.78, 5) is 13.8. The maximum absolute atomic E-state index is 13.8. The van der Waals surface area contributed by atoms with Crippen LogP contribution in [0.25, 0.3) is 0 Å². The predicted molar refractivity (Wildman–Crippen MR) is 69.6 cm³/mol. The van der Waals surface area contributed by atoms with Crippen molar-refractivity contribution in [1.82, 2.24) is 4.90 Å². The number of nitrogens with two attached hydrogens (primary N) is 1. The largest absolute Gasteiger partial charge is 0.396 e. The van der Waals surface area contributed by atoms with Crippen molar-refractivity contribution in [2.75, 3.05) is 18.8 Å². The molecule has 3 nitrogen and oxygen atoms in total.